The van der Waals surface area contributed by atoms with Crippen LogP contribution in [0.1, 0.15) is 22.8 Å². The van der Waals surface area contributed by atoms with E-state index in [2.05, 4.69) is 19.9 Å². The van der Waals surface area contributed by atoms with E-state index in [1.54, 1.807) is 19.1 Å². The summed E-state index contributed by atoms with van der Waals surface area (Å²) < 4.78 is 53.6. The number of nitrogens with one attached hydrogen (secondary N) is 2. The smallest absolute Gasteiger partial charge is 0.240 e. The molecule has 0 aliphatic carbocycles. The minimum Gasteiger partial charge on any atom is -0.263 e. The lowest BCUT2D eigenvalue weighted by Crippen LogP contribution is -2.27. The van der Waals surface area contributed by atoms with Crippen molar-refractivity contribution >= 4 is 10.0 Å². The number of H-pyrrole nitrogens is 1. The Morgan fingerprint density at radius 3 is 2.67 bits per heavy atom. The standard InChI is InChI=1S/C18H18F2N4O2S/c1-12-5-6-15(20)11-16(12)27(25,26)21-8-7-17-22-18(24-23-17)10-13-3-2-4-14(19)9-13/h2-6,9,11,21H,7-8,10H2,1H3,(H,22,23,24). The molecule has 142 valence electrons. The Morgan fingerprint density at radius 2 is 1.89 bits per heavy atom. The highest BCUT2D eigenvalue weighted by Crippen LogP contribution is 2.16. The maximum absolute atomic E-state index is 13.3. The fraction of sp³-hybridized carbons (Fsp3) is 0.222. The summed E-state index contributed by atoms with van der Waals surface area (Å²) in [5, 5.41) is 6.79. The maximum atomic E-state index is 13.3. The third-order valence-corrected chi connectivity index (χ3v) is 5.52. The Kier molecular flexibility index (Phi) is 5.62. The van der Waals surface area contributed by atoms with Gasteiger partial charge < -0.3 is 0 Å². The van der Waals surface area contributed by atoms with Crippen molar-refractivity contribution in [2.45, 2.75) is 24.7 Å². The third-order valence-electron chi connectivity index (χ3n) is 3.92. The van der Waals surface area contributed by atoms with Crippen LogP contribution in [-0.4, -0.2) is 30.1 Å². The quantitative estimate of drug-likeness (QED) is 0.647. The van der Waals surface area contributed by atoms with Gasteiger partial charge in [-0.1, -0.05) is 18.2 Å². The number of aromatic amines is 1. The highest BCUT2D eigenvalue weighted by atomic mass is 32.2. The molecule has 0 amide bonds. The predicted molar refractivity (Wildman–Crippen MR) is 95.6 cm³/mol. The molecule has 1 aromatic heterocycles. The summed E-state index contributed by atoms with van der Waals surface area (Å²) in [6.45, 7) is 1.66. The van der Waals surface area contributed by atoms with Crippen LogP contribution in [0, 0.1) is 18.6 Å². The average Bonchev–Trinajstić information content (AvgIpc) is 3.04. The van der Waals surface area contributed by atoms with Crippen LogP contribution >= 0.6 is 0 Å². The summed E-state index contributed by atoms with van der Waals surface area (Å²) in [6, 6.07) is 9.78. The number of hydrogen-bond donors (Lipinski definition) is 2. The zero-order valence-electron chi connectivity index (χ0n) is 14.5. The normalized spacial score (nSPS) is 11.7. The molecule has 0 aliphatic heterocycles. The molecule has 2 aromatic carbocycles. The van der Waals surface area contributed by atoms with Crippen molar-refractivity contribution in [3.8, 4) is 0 Å². The number of hydrogen-bond acceptors (Lipinski definition) is 4. The minimum absolute atomic E-state index is 0.0650. The van der Waals surface area contributed by atoms with Crippen molar-refractivity contribution in [1.82, 2.24) is 19.9 Å². The van der Waals surface area contributed by atoms with E-state index in [1.807, 2.05) is 0 Å². The Bertz CT molecular complexity index is 1050. The summed E-state index contributed by atoms with van der Waals surface area (Å²) in [4.78, 5) is 4.18. The highest BCUT2D eigenvalue weighted by Gasteiger charge is 2.17. The molecular weight excluding hydrogens is 374 g/mol. The number of halogens is 2. The molecular formula is C18H18F2N4O2S. The van der Waals surface area contributed by atoms with Crippen LogP contribution in [0.3, 0.4) is 0 Å². The third kappa shape index (κ3) is 4.95. The van der Waals surface area contributed by atoms with Crippen LogP contribution in [-0.2, 0) is 22.9 Å². The second-order valence-corrected chi connectivity index (χ2v) is 7.80. The van der Waals surface area contributed by atoms with Crippen molar-refractivity contribution in [3.63, 3.8) is 0 Å². The number of benzene rings is 2. The van der Waals surface area contributed by atoms with E-state index in [9.17, 15) is 17.2 Å². The van der Waals surface area contributed by atoms with E-state index in [0.717, 1.165) is 11.6 Å². The van der Waals surface area contributed by atoms with Gasteiger partial charge in [-0.25, -0.2) is 26.9 Å². The van der Waals surface area contributed by atoms with E-state index in [1.165, 1.54) is 24.3 Å². The summed E-state index contributed by atoms with van der Waals surface area (Å²) in [5.41, 5.74) is 1.21. The molecule has 0 spiro atoms. The van der Waals surface area contributed by atoms with E-state index < -0.39 is 15.8 Å². The van der Waals surface area contributed by atoms with Gasteiger partial charge >= 0.3 is 0 Å². The summed E-state index contributed by atoms with van der Waals surface area (Å²) in [5.74, 6) is 0.0470. The van der Waals surface area contributed by atoms with Gasteiger partial charge in [0.15, 0.2) is 5.82 Å². The van der Waals surface area contributed by atoms with Crippen LogP contribution in [0.4, 0.5) is 8.78 Å². The van der Waals surface area contributed by atoms with Crippen molar-refractivity contribution in [2.24, 2.45) is 0 Å². The first-order chi connectivity index (χ1) is 12.8. The molecule has 0 saturated heterocycles. The Balaban J connectivity index is 1.59. The first-order valence-electron chi connectivity index (χ1n) is 8.24. The average molecular weight is 392 g/mol. The number of sulfonamides is 1. The van der Waals surface area contributed by atoms with Gasteiger partial charge in [-0.15, -0.1) is 0 Å². The lowest BCUT2D eigenvalue weighted by molar-refractivity contribution is 0.576. The summed E-state index contributed by atoms with van der Waals surface area (Å²) >= 11 is 0. The van der Waals surface area contributed by atoms with Crippen molar-refractivity contribution in [2.75, 3.05) is 6.54 Å². The molecule has 0 bridgehead atoms. The van der Waals surface area contributed by atoms with E-state index in [4.69, 9.17) is 0 Å². The molecule has 27 heavy (non-hydrogen) atoms. The Morgan fingerprint density at radius 1 is 1.11 bits per heavy atom. The monoisotopic (exact) mass is 392 g/mol. The molecule has 0 atom stereocenters. The second-order valence-electron chi connectivity index (χ2n) is 6.06. The molecule has 0 unspecified atom stereocenters. The molecule has 3 aromatic rings. The van der Waals surface area contributed by atoms with Gasteiger partial charge in [0.05, 0.1) is 4.90 Å². The Labute approximate surface area is 155 Å². The van der Waals surface area contributed by atoms with Crippen LogP contribution in [0.15, 0.2) is 47.4 Å². The van der Waals surface area contributed by atoms with Crippen LogP contribution in [0.25, 0.3) is 0 Å². The van der Waals surface area contributed by atoms with Gasteiger partial charge in [-0.05, 0) is 42.3 Å². The lowest BCUT2D eigenvalue weighted by Gasteiger charge is -2.08. The predicted octanol–water partition coefficient (Wildman–Crippen LogP) is 2.50. The molecule has 0 radical (unpaired) electrons. The van der Waals surface area contributed by atoms with Gasteiger partial charge in [0, 0.05) is 19.4 Å². The fourth-order valence-corrected chi connectivity index (χ4v) is 3.89. The van der Waals surface area contributed by atoms with Crippen LogP contribution in [0.2, 0.25) is 0 Å². The van der Waals surface area contributed by atoms with Gasteiger partial charge in [-0.3, -0.25) is 5.10 Å². The first-order valence-corrected chi connectivity index (χ1v) is 9.72. The zero-order chi connectivity index (χ0) is 19.4. The molecule has 2 N–H and O–H groups in total. The molecule has 0 aliphatic rings. The van der Waals surface area contributed by atoms with Crippen LogP contribution < -0.4 is 4.72 Å². The van der Waals surface area contributed by atoms with Gasteiger partial charge in [0.1, 0.15) is 17.5 Å². The largest absolute Gasteiger partial charge is 0.263 e. The molecule has 9 heteroatoms. The number of rotatable bonds is 7. The Hall–Kier alpha value is -2.65. The van der Waals surface area contributed by atoms with Gasteiger partial charge in [0.2, 0.25) is 10.0 Å². The van der Waals surface area contributed by atoms with Crippen molar-refractivity contribution in [1.29, 1.82) is 0 Å². The minimum atomic E-state index is -3.83. The molecule has 6 nitrogen and oxygen atoms in total. The van der Waals surface area contributed by atoms with Gasteiger partial charge in [0.25, 0.3) is 0 Å². The zero-order valence-corrected chi connectivity index (χ0v) is 15.4. The van der Waals surface area contributed by atoms with E-state index in [0.29, 0.717) is 23.6 Å². The summed E-state index contributed by atoms with van der Waals surface area (Å²) in [7, 11) is -3.83. The van der Waals surface area contributed by atoms with Gasteiger partial charge in [-0.2, -0.15) is 5.10 Å². The SMILES string of the molecule is Cc1ccc(F)cc1S(=O)(=O)NCCc1n[nH]c(Cc2cccc(F)c2)n1. The van der Waals surface area contributed by atoms with E-state index >= 15 is 0 Å². The molecule has 1 heterocycles. The number of nitrogens with zero attached hydrogens (tertiary/aromatic N) is 2. The molecule has 0 saturated carbocycles. The maximum Gasteiger partial charge on any atom is 0.240 e. The van der Waals surface area contributed by atoms with E-state index in [-0.39, 0.29) is 23.7 Å². The highest BCUT2D eigenvalue weighted by molar-refractivity contribution is 7.89. The first kappa shape index (κ1) is 19.1. The fourth-order valence-electron chi connectivity index (χ4n) is 2.60. The molecule has 0 fully saturated rings. The lowest BCUT2D eigenvalue weighted by atomic mass is 10.1. The topological polar surface area (TPSA) is 87.7 Å². The van der Waals surface area contributed by atoms with Crippen molar-refractivity contribution < 1.29 is 17.2 Å². The van der Waals surface area contributed by atoms with Crippen LogP contribution in [0.5, 0.6) is 0 Å². The number of aromatic nitrogens is 3. The molecule has 3 rings (SSSR count). The van der Waals surface area contributed by atoms with Crippen molar-refractivity contribution in [3.05, 3.63) is 76.9 Å². The second kappa shape index (κ2) is 7.93. The summed E-state index contributed by atoms with van der Waals surface area (Å²) in [6.07, 6.45) is 0.645. The number of aryl methyl sites for hydroxylation is 1.